The van der Waals surface area contributed by atoms with Gasteiger partial charge in [0.15, 0.2) is 0 Å². The lowest BCUT2D eigenvalue weighted by atomic mass is 10.4. The monoisotopic (exact) mass is 286 g/mol. The van der Waals surface area contributed by atoms with Crippen molar-refractivity contribution in [3.63, 3.8) is 0 Å². The van der Waals surface area contributed by atoms with Gasteiger partial charge in [0.2, 0.25) is 0 Å². The summed E-state index contributed by atoms with van der Waals surface area (Å²) < 4.78 is 0. The van der Waals surface area contributed by atoms with Crippen molar-refractivity contribution in [2.45, 2.75) is 59.8 Å². The minimum absolute atomic E-state index is 0.642. The summed E-state index contributed by atoms with van der Waals surface area (Å²) in [6, 6.07) is 6.89. The number of benzene rings is 1. The highest BCUT2D eigenvalue weighted by atomic mass is 32.2. The molecule has 0 aliphatic carbocycles. The maximum atomic E-state index is 2.35. The minimum atomic E-state index is 0.642. The SMILES string of the molecule is CCSc1ccc(SC(C)C)c(SC(C)C)c1. The number of hydrogen-bond acceptors (Lipinski definition) is 3. The Morgan fingerprint density at radius 1 is 0.941 bits per heavy atom. The molecule has 0 aliphatic heterocycles. The summed E-state index contributed by atoms with van der Waals surface area (Å²) in [5.41, 5.74) is 0. The molecule has 17 heavy (non-hydrogen) atoms. The second kappa shape index (κ2) is 7.65. The molecule has 3 heteroatoms. The van der Waals surface area contributed by atoms with Crippen LogP contribution in [0.4, 0.5) is 0 Å². The molecule has 0 amide bonds. The summed E-state index contributed by atoms with van der Waals surface area (Å²) in [6.07, 6.45) is 0. The van der Waals surface area contributed by atoms with Crippen LogP contribution in [0.25, 0.3) is 0 Å². The Labute approximate surface area is 119 Å². The molecule has 0 nitrogen and oxygen atoms in total. The first-order chi connectivity index (χ1) is 8.02. The molecule has 0 bridgehead atoms. The third-order valence-electron chi connectivity index (χ3n) is 1.95. The average Bonchev–Trinajstić information content (AvgIpc) is 2.21. The lowest BCUT2D eigenvalue weighted by molar-refractivity contribution is 1.07. The summed E-state index contributed by atoms with van der Waals surface area (Å²) in [4.78, 5) is 4.26. The molecule has 96 valence electrons. The second-order valence-electron chi connectivity index (χ2n) is 4.37. The Morgan fingerprint density at radius 2 is 1.53 bits per heavy atom. The normalized spacial score (nSPS) is 11.5. The Kier molecular flexibility index (Phi) is 6.90. The lowest BCUT2D eigenvalue weighted by Crippen LogP contribution is -1.92. The van der Waals surface area contributed by atoms with Crippen LogP contribution in [0.1, 0.15) is 34.6 Å². The Balaban J connectivity index is 2.94. The van der Waals surface area contributed by atoms with Crippen molar-refractivity contribution in [1.82, 2.24) is 0 Å². The molecule has 1 aromatic rings. The molecule has 0 aromatic heterocycles. The third-order valence-corrected chi connectivity index (χ3v) is 5.10. The highest BCUT2D eigenvalue weighted by Gasteiger charge is 2.09. The van der Waals surface area contributed by atoms with Gasteiger partial charge in [-0.25, -0.2) is 0 Å². The van der Waals surface area contributed by atoms with Crippen LogP contribution in [0.2, 0.25) is 0 Å². The summed E-state index contributed by atoms with van der Waals surface area (Å²) >= 11 is 5.86. The molecule has 0 spiro atoms. The fraction of sp³-hybridized carbons (Fsp3) is 0.571. The molecule has 0 aliphatic rings. The number of thioether (sulfide) groups is 3. The van der Waals surface area contributed by atoms with Gasteiger partial charge in [-0.1, -0.05) is 34.6 Å². The zero-order chi connectivity index (χ0) is 12.8. The van der Waals surface area contributed by atoms with Crippen molar-refractivity contribution in [1.29, 1.82) is 0 Å². The fourth-order valence-corrected chi connectivity index (χ4v) is 4.22. The van der Waals surface area contributed by atoms with E-state index in [0.717, 1.165) is 5.75 Å². The smallest absolute Gasteiger partial charge is 0.0222 e. The number of rotatable bonds is 6. The number of hydrogen-bond donors (Lipinski definition) is 0. The van der Waals surface area contributed by atoms with Gasteiger partial charge in [-0.05, 0) is 24.0 Å². The van der Waals surface area contributed by atoms with E-state index in [0.29, 0.717) is 10.5 Å². The Bertz CT molecular complexity index is 345. The summed E-state index contributed by atoms with van der Waals surface area (Å²) in [5, 5.41) is 1.29. The zero-order valence-corrected chi connectivity index (χ0v) is 13.8. The zero-order valence-electron chi connectivity index (χ0n) is 11.3. The molecule has 0 fully saturated rings. The van der Waals surface area contributed by atoms with E-state index < -0.39 is 0 Å². The van der Waals surface area contributed by atoms with E-state index >= 15 is 0 Å². The topological polar surface area (TPSA) is 0 Å². The maximum Gasteiger partial charge on any atom is 0.0222 e. The Hall–Kier alpha value is 0.270. The van der Waals surface area contributed by atoms with Gasteiger partial charge in [-0.15, -0.1) is 35.3 Å². The van der Waals surface area contributed by atoms with Crippen molar-refractivity contribution in [2.75, 3.05) is 5.75 Å². The second-order valence-corrected chi connectivity index (χ2v) is 8.95. The standard InChI is InChI=1S/C14H22S3/c1-6-15-12-7-8-13(16-10(2)3)14(9-12)17-11(4)5/h7-11H,6H2,1-5H3. The molecule has 1 rings (SSSR count). The largest absolute Gasteiger partial charge is 0.126 e. The van der Waals surface area contributed by atoms with Crippen LogP contribution in [-0.2, 0) is 0 Å². The van der Waals surface area contributed by atoms with Crippen molar-refractivity contribution >= 4 is 35.3 Å². The molecule has 0 atom stereocenters. The van der Waals surface area contributed by atoms with Crippen LogP contribution in [-0.4, -0.2) is 16.3 Å². The summed E-state index contributed by atoms with van der Waals surface area (Å²) in [7, 11) is 0. The molecule has 0 saturated heterocycles. The molecule has 0 N–H and O–H groups in total. The van der Waals surface area contributed by atoms with Crippen LogP contribution in [0.5, 0.6) is 0 Å². The summed E-state index contributed by atoms with van der Waals surface area (Å²) in [5.74, 6) is 1.14. The molecule has 0 heterocycles. The van der Waals surface area contributed by atoms with Crippen molar-refractivity contribution in [2.24, 2.45) is 0 Å². The maximum absolute atomic E-state index is 2.35. The van der Waals surface area contributed by atoms with Gasteiger partial charge in [0.25, 0.3) is 0 Å². The van der Waals surface area contributed by atoms with Crippen LogP contribution in [0.3, 0.4) is 0 Å². The molecule has 1 aromatic carbocycles. The minimum Gasteiger partial charge on any atom is -0.126 e. The van der Waals surface area contributed by atoms with E-state index in [1.807, 2.05) is 35.3 Å². The summed E-state index contributed by atoms with van der Waals surface area (Å²) in [6.45, 7) is 11.2. The molecule has 0 radical (unpaired) electrons. The third kappa shape index (κ3) is 5.62. The van der Waals surface area contributed by atoms with E-state index in [-0.39, 0.29) is 0 Å². The van der Waals surface area contributed by atoms with Gasteiger partial charge < -0.3 is 0 Å². The first-order valence-corrected chi connectivity index (χ1v) is 8.87. The van der Waals surface area contributed by atoms with Crippen molar-refractivity contribution in [3.05, 3.63) is 18.2 Å². The quantitative estimate of drug-likeness (QED) is 0.607. The van der Waals surface area contributed by atoms with E-state index in [1.165, 1.54) is 14.7 Å². The van der Waals surface area contributed by atoms with Gasteiger partial charge in [0.1, 0.15) is 0 Å². The predicted molar refractivity (Wildman–Crippen MR) is 84.8 cm³/mol. The first-order valence-electron chi connectivity index (χ1n) is 6.13. The van der Waals surface area contributed by atoms with Crippen LogP contribution >= 0.6 is 35.3 Å². The first kappa shape index (κ1) is 15.3. The highest BCUT2D eigenvalue weighted by Crippen LogP contribution is 2.37. The van der Waals surface area contributed by atoms with E-state index in [1.54, 1.807) is 0 Å². The fourth-order valence-electron chi connectivity index (χ4n) is 1.44. The average molecular weight is 287 g/mol. The van der Waals surface area contributed by atoms with E-state index in [2.05, 4.69) is 52.8 Å². The van der Waals surface area contributed by atoms with Gasteiger partial charge in [-0.3, -0.25) is 0 Å². The van der Waals surface area contributed by atoms with Gasteiger partial charge in [0, 0.05) is 25.2 Å². The van der Waals surface area contributed by atoms with E-state index in [9.17, 15) is 0 Å². The van der Waals surface area contributed by atoms with Crippen molar-refractivity contribution < 1.29 is 0 Å². The van der Waals surface area contributed by atoms with Crippen LogP contribution in [0.15, 0.2) is 32.9 Å². The molecule has 0 saturated carbocycles. The predicted octanol–water partition coefficient (Wildman–Crippen LogP) is 5.80. The van der Waals surface area contributed by atoms with Crippen LogP contribution in [0, 0.1) is 0 Å². The Morgan fingerprint density at radius 3 is 2.06 bits per heavy atom. The van der Waals surface area contributed by atoms with Gasteiger partial charge in [-0.2, -0.15) is 0 Å². The van der Waals surface area contributed by atoms with Gasteiger partial charge >= 0.3 is 0 Å². The lowest BCUT2D eigenvalue weighted by Gasteiger charge is -2.14. The molecule has 0 unspecified atom stereocenters. The van der Waals surface area contributed by atoms with Gasteiger partial charge in [0.05, 0.1) is 0 Å². The molecular weight excluding hydrogens is 264 g/mol. The highest BCUT2D eigenvalue weighted by molar-refractivity contribution is 8.03. The van der Waals surface area contributed by atoms with Crippen molar-refractivity contribution in [3.8, 4) is 0 Å². The molecular formula is C14H22S3. The van der Waals surface area contributed by atoms with Crippen LogP contribution < -0.4 is 0 Å². The van der Waals surface area contributed by atoms with E-state index in [4.69, 9.17) is 0 Å².